The van der Waals surface area contributed by atoms with Crippen LogP contribution in [0.2, 0.25) is 0 Å². The molecular weight excluding hydrogens is 428 g/mol. The van der Waals surface area contributed by atoms with Gasteiger partial charge in [-0.15, -0.1) is 0 Å². The highest BCUT2D eigenvalue weighted by atomic mass is 16.3. The molecule has 3 saturated heterocycles. The summed E-state index contributed by atoms with van der Waals surface area (Å²) < 4.78 is 0.978. The zero-order valence-corrected chi connectivity index (χ0v) is 20.0. The van der Waals surface area contributed by atoms with Gasteiger partial charge in [0.1, 0.15) is 18.7 Å². The first-order valence-electron chi connectivity index (χ1n) is 13.0. The van der Waals surface area contributed by atoms with Crippen molar-refractivity contribution in [2.45, 2.75) is 38.0 Å². The highest BCUT2D eigenvalue weighted by Crippen LogP contribution is 2.46. The standard InChI is InChI=1S/C32H31N2O/c35-32(28-13-16-33-30-12-6-5-11-27(28)30)31-19-22-14-17-34(31,18-15-22)21-29-25-9-3-1-7-23(25)20-24-8-2-4-10-26(24)29/h1-13,16,20,22,31-32,35H,14-15,17-19,21H2/q+1/t22?,31-,32+,34?/m1/s1. The van der Waals surface area contributed by atoms with Crippen LogP contribution in [0.25, 0.3) is 32.4 Å². The maximum absolute atomic E-state index is 12.0. The van der Waals surface area contributed by atoms with E-state index in [0.29, 0.717) is 0 Å². The minimum absolute atomic E-state index is 0.200. The van der Waals surface area contributed by atoms with E-state index in [4.69, 9.17) is 0 Å². The van der Waals surface area contributed by atoms with Crippen LogP contribution >= 0.6 is 0 Å². The number of aliphatic hydroxyl groups is 1. The van der Waals surface area contributed by atoms with Crippen molar-refractivity contribution in [3.63, 3.8) is 0 Å². The summed E-state index contributed by atoms with van der Waals surface area (Å²) in [4.78, 5) is 4.55. The monoisotopic (exact) mass is 459 g/mol. The molecule has 3 fully saturated rings. The number of para-hydroxylation sites is 1. The van der Waals surface area contributed by atoms with E-state index in [-0.39, 0.29) is 6.04 Å². The van der Waals surface area contributed by atoms with Crippen LogP contribution in [-0.2, 0) is 6.54 Å². The van der Waals surface area contributed by atoms with Gasteiger partial charge in [-0.2, -0.15) is 0 Å². The Labute approximate surface area is 206 Å². The molecule has 174 valence electrons. The third-order valence-electron chi connectivity index (χ3n) is 8.97. The van der Waals surface area contributed by atoms with Crippen molar-refractivity contribution in [1.82, 2.24) is 4.98 Å². The highest BCUT2D eigenvalue weighted by Gasteiger charge is 2.51. The number of aromatic nitrogens is 1. The van der Waals surface area contributed by atoms with E-state index in [1.807, 2.05) is 24.4 Å². The number of quaternary nitrogens is 1. The van der Waals surface area contributed by atoms with Gasteiger partial charge < -0.3 is 9.59 Å². The van der Waals surface area contributed by atoms with E-state index in [1.54, 1.807) is 0 Å². The lowest BCUT2D eigenvalue weighted by atomic mass is 9.76. The molecule has 2 bridgehead atoms. The van der Waals surface area contributed by atoms with E-state index in [9.17, 15) is 5.11 Å². The molecule has 8 rings (SSSR count). The number of hydrogen-bond donors (Lipinski definition) is 1. The molecule has 0 unspecified atom stereocenters. The Kier molecular flexibility index (Phi) is 4.90. The number of hydrogen-bond acceptors (Lipinski definition) is 2. The van der Waals surface area contributed by atoms with Gasteiger partial charge in [0.15, 0.2) is 0 Å². The number of fused-ring (bicyclic) bond motifs is 6. The molecule has 4 aromatic carbocycles. The number of aliphatic hydroxyl groups excluding tert-OH is 1. The highest BCUT2D eigenvalue weighted by molar-refractivity contribution is 6.02. The van der Waals surface area contributed by atoms with E-state index in [1.165, 1.54) is 39.9 Å². The van der Waals surface area contributed by atoms with E-state index >= 15 is 0 Å². The zero-order valence-electron chi connectivity index (χ0n) is 20.0. The summed E-state index contributed by atoms with van der Waals surface area (Å²) in [7, 11) is 0. The Morgan fingerprint density at radius 3 is 2.14 bits per heavy atom. The van der Waals surface area contributed by atoms with Crippen LogP contribution in [0.4, 0.5) is 0 Å². The molecular formula is C32H31N2O+. The first kappa shape index (κ1) is 21.0. The first-order valence-corrected chi connectivity index (χ1v) is 13.0. The summed E-state index contributed by atoms with van der Waals surface area (Å²) in [5.41, 5.74) is 3.44. The van der Waals surface area contributed by atoms with Gasteiger partial charge >= 0.3 is 0 Å². The van der Waals surface area contributed by atoms with Crippen molar-refractivity contribution in [3.05, 3.63) is 102 Å². The molecule has 4 heterocycles. The fourth-order valence-electron chi connectivity index (χ4n) is 7.15. The second-order valence-electron chi connectivity index (χ2n) is 10.7. The maximum Gasteiger partial charge on any atom is 0.131 e. The molecule has 5 aromatic rings. The van der Waals surface area contributed by atoms with Gasteiger partial charge in [-0.3, -0.25) is 4.98 Å². The zero-order chi connectivity index (χ0) is 23.4. The SMILES string of the molecule is O[C@@H](c1ccnc2ccccc12)[C@H]1CC2CC[N+]1(Cc1c3ccccc3cc3ccccc13)CC2. The summed E-state index contributed by atoms with van der Waals surface area (Å²) in [6.45, 7) is 3.26. The predicted octanol–water partition coefficient (Wildman–Crippen LogP) is 6.77. The van der Waals surface area contributed by atoms with E-state index in [2.05, 4.69) is 71.7 Å². The predicted molar refractivity (Wildman–Crippen MR) is 143 cm³/mol. The number of piperidine rings is 3. The Balaban J connectivity index is 1.37. The third kappa shape index (κ3) is 3.37. The van der Waals surface area contributed by atoms with Crippen molar-refractivity contribution in [1.29, 1.82) is 0 Å². The van der Waals surface area contributed by atoms with Crippen LogP contribution in [-0.4, -0.2) is 33.7 Å². The van der Waals surface area contributed by atoms with Gasteiger partial charge in [0.2, 0.25) is 0 Å². The van der Waals surface area contributed by atoms with Gasteiger partial charge in [-0.1, -0.05) is 66.7 Å². The lowest BCUT2D eigenvalue weighted by Gasteiger charge is -2.56. The smallest absolute Gasteiger partial charge is 0.131 e. The number of nitrogens with zero attached hydrogens (tertiary/aromatic N) is 2. The Morgan fingerprint density at radius 1 is 0.800 bits per heavy atom. The topological polar surface area (TPSA) is 33.1 Å². The van der Waals surface area contributed by atoms with Crippen molar-refractivity contribution in [2.75, 3.05) is 13.1 Å². The summed E-state index contributed by atoms with van der Waals surface area (Å²) >= 11 is 0. The van der Waals surface area contributed by atoms with Gasteiger partial charge in [-0.05, 0) is 64.1 Å². The van der Waals surface area contributed by atoms with Crippen LogP contribution in [0.15, 0.2) is 91.1 Å². The maximum atomic E-state index is 12.0. The van der Waals surface area contributed by atoms with Crippen LogP contribution in [0.3, 0.4) is 0 Å². The van der Waals surface area contributed by atoms with Gasteiger partial charge in [0.05, 0.1) is 18.6 Å². The number of benzene rings is 4. The van der Waals surface area contributed by atoms with Crippen molar-refractivity contribution < 1.29 is 9.59 Å². The second-order valence-corrected chi connectivity index (χ2v) is 10.7. The third-order valence-corrected chi connectivity index (χ3v) is 8.97. The minimum Gasteiger partial charge on any atom is -0.382 e. The summed E-state index contributed by atoms with van der Waals surface area (Å²) in [6, 6.07) is 30.5. The molecule has 0 radical (unpaired) electrons. The molecule has 0 spiro atoms. The molecule has 3 aliphatic heterocycles. The van der Waals surface area contributed by atoms with Crippen LogP contribution in [0.1, 0.15) is 36.5 Å². The molecule has 35 heavy (non-hydrogen) atoms. The molecule has 2 atom stereocenters. The number of rotatable bonds is 4. The van der Waals surface area contributed by atoms with Gasteiger partial charge in [0, 0.05) is 23.6 Å². The summed E-state index contributed by atoms with van der Waals surface area (Å²) in [5.74, 6) is 0.729. The van der Waals surface area contributed by atoms with E-state index in [0.717, 1.165) is 52.9 Å². The van der Waals surface area contributed by atoms with E-state index < -0.39 is 6.10 Å². The van der Waals surface area contributed by atoms with Crippen molar-refractivity contribution in [3.8, 4) is 0 Å². The van der Waals surface area contributed by atoms with Crippen LogP contribution in [0, 0.1) is 5.92 Å². The van der Waals surface area contributed by atoms with Crippen LogP contribution < -0.4 is 0 Å². The van der Waals surface area contributed by atoms with Crippen LogP contribution in [0.5, 0.6) is 0 Å². The molecule has 0 amide bonds. The molecule has 0 saturated carbocycles. The molecule has 3 nitrogen and oxygen atoms in total. The molecule has 3 heteroatoms. The largest absolute Gasteiger partial charge is 0.382 e. The molecule has 3 aliphatic rings. The fraction of sp³-hybridized carbons (Fsp3) is 0.281. The number of pyridine rings is 1. The normalized spacial score (nSPS) is 24.8. The Hall–Kier alpha value is -3.27. The molecule has 1 N–H and O–H groups in total. The molecule has 1 aromatic heterocycles. The van der Waals surface area contributed by atoms with Crippen molar-refractivity contribution in [2.24, 2.45) is 5.92 Å². The average molecular weight is 460 g/mol. The van der Waals surface area contributed by atoms with Gasteiger partial charge in [-0.25, -0.2) is 0 Å². The first-order chi connectivity index (χ1) is 17.2. The lowest BCUT2D eigenvalue weighted by molar-refractivity contribution is -0.981. The fourth-order valence-corrected chi connectivity index (χ4v) is 7.15. The lowest BCUT2D eigenvalue weighted by Crippen LogP contribution is -2.65. The minimum atomic E-state index is -0.493. The van der Waals surface area contributed by atoms with Crippen molar-refractivity contribution >= 4 is 32.4 Å². The quantitative estimate of drug-likeness (QED) is 0.238. The summed E-state index contributed by atoms with van der Waals surface area (Å²) in [6.07, 6.45) is 5.00. The molecule has 0 aliphatic carbocycles. The Bertz CT molecular complexity index is 1490. The van der Waals surface area contributed by atoms with Gasteiger partial charge in [0.25, 0.3) is 0 Å². The second kappa shape index (κ2) is 8.15. The average Bonchev–Trinajstić information content (AvgIpc) is 2.93. The summed E-state index contributed by atoms with van der Waals surface area (Å²) in [5, 5.41) is 18.4. The Morgan fingerprint density at radius 2 is 1.43 bits per heavy atom.